The van der Waals surface area contributed by atoms with Crippen LogP contribution in [0.5, 0.6) is 17.2 Å². The highest BCUT2D eigenvalue weighted by Gasteiger charge is 2.38. The van der Waals surface area contributed by atoms with E-state index in [4.69, 9.17) is 14.7 Å². The number of benzene rings is 5. The van der Waals surface area contributed by atoms with Crippen molar-refractivity contribution in [2.24, 2.45) is 0 Å². The first-order valence-electron chi connectivity index (χ1n) is 11.8. The highest BCUT2D eigenvalue weighted by molar-refractivity contribution is 5.51. The lowest BCUT2D eigenvalue weighted by atomic mass is 9.80. The molecule has 5 rings (SSSR count). The van der Waals surface area contributed by atoms with Gasteiger partial charge in [-0.1, -0.05) is 91.0 Å². The van der Waals surface area contributed by atoms with Crippen molar-refractivity contribution in [3.05, 3.63) is 161 Å². The van der Waals surface area contributed by atoms with Crippen LogP contribution < -0.4 is 9.47 Å². The Balaban J connectivity index is 1.53. The quantitative estimate of drug-likeness (QED) is 0.226. The number of nitriles is 2. The molecule has 0 radical (unpaired) electrons. The first-order valence-corrected chi connectivity index (χ1v) is 11.8. The summed E-state index contributed by atoms with van der Waals surface area (Å²) in [7, 11) is 0. The van der Waals surface area contributed by atoms with Crippen LogP contribution in [0.25, 0.3) is 0 Å². The highest BCUT2D eigenvalue weighted by Crippen LogP contribution is 2.41. The fourth-order valence-corrected chi connectivity index (χ4v) is 4.36. The van der Waals surface area contributed by atoms with E-state index in [0.29, 0.717) is 22.8 Å². The van der Waals surface area contributed by atoms with Gasteiger partial charge in [0, 0.05) is 16.7 Å². The molecule has 4 heteroatoms. The van der Waals surface area contributed by atoms with Gasteiger partial charge in [-0.25, -0.2) is 0 Å². The number of hydrogen-bond donors (Lipinski definition) is 0. The Morgan fingerprint density at radius 3 is 1.35 bits per heavy atom. The lowest BCUT2D eigenvalue weighted by Gasteiger charge is -2.36. The van der Waals surface area contributed by atoms with E-state index in [1.165, 1.54) is 0 Å². The van der Waals surface area contributed by atoms with E-state index in [9.17, 15) is 5.26 Å². The molecule has 0 atom stereocenters. The monoisotopic (exact) mass is 478 g/mol. The van der Waals surface area contributed by atoms with Crippen molar-refractivity contribution in [2.75, 3.05) is 0 Å². The van der Waals surface area contributed by atoms with Crippen LogP contribution in [0.4, 0.5) is 0 Å². The van der Waals surface area contributed by atoms with Crippen molar-refractivity contribution in [3.8, 4) is 29.4 Å². The highest BCUT2D eigenvalue weighted by atomic mass is 16.5. The fourth-order valence-electron chi connectivity index (χ4n) is 4.36. The molecule has 5 aromatic rings. The van der Waals surface area contributed by atoms with E-state index in [0.717, 1.165) is 16.7 Å². The second-order valence-electron chi connectivity index (χ2n) is 8.39. The summed E-state index contributed by atoms with van der Waals surface area (Å²) >= 11 is 0. The predicted octanol–water partition coefficient (Wildman–Crippen LogP) is 7.59. The normalized spacial score (nSPS) is 10.6. The molecule has 0 amide bonds. The van der Waals surface area contributed by atoms with Gasteiger partial charge >= 0.3 is 0 Å². The molecule has 0 fully saturated rings. The number of nitrogens with zero attached hydrogens (tertiary/aromatic N) is 2. The third-order valence-corrected chi connectivity index (χ3v) is 6.10. The zero-order valence-corrected chi connectivity index (χ0v) is 19.9. The Morgan fingerprint density at radius 2 is 0.892 bits per heavy atom. The molecule has 176 valence electrons. The van der Waals surface area contributed by atoms with Gasteiger partial charge in [0.15, 0.2) is 5.60 Å². The Hall–Kier alpha value is -5.32. The second kappa shape index (κ2) is 10.5. The van der Waals surface area contributed by atoms with Crippen LogP contribution in [0.1, 0.15) is 27.8 Å². The Morgan fingerprint density at radius 1 is 0.459 bits per heavy atom. The molecule has 0 aliphatic rings. The maximum absolute atomic E-state index is 9.29. The molecule has 0 bridgehead atoms. The van der Waals surface area contributed by atoms with Crippen molar-refractivity contribution < 1.29 is 9.47 Å². The van der Waals surface area contributed by atoms with Crippen LogP contribution >= 0.6 is 0 Å². The second-order valence-corrected chi connectivity index (χ2v) is 8.39. The Labute approximate surface area is 216 Å². The van der Waals surface area contributed by atoms with Gasteiger partial charge in [-0.15, -0.1) is 0 Å². The first kappa shape index (κ1) is 23.4. The molecule has 0 unspecified atom stereocenters. The number of hydrogen-bond acceptors (Lipinski definition) is 4. The summed E-state index contributed by atoms with van der Waals surface area (Å²) in [5.74, 6) is 1.74. The predicted molar refractivity (Wildman–Crippen MR) is 142 cm³/mol. The minimum Gasteiger partial charge on any atom is -0.473 e. The summed E-state index contributed by atoms with van der Waals surface area (Å²) in [5.41, 5.74) is 2.75. The summed E-state index contributed by atoms with van der Waals surface area (Å²) in [6.45, 7) is 0. The molecule has 0 heterocycles. The van der Waals surface area contributed by atoms with Crippen LogP contribution in [-0.4, -0.2) is 0 Å². The molecular formula is C33H22N2O2. The van der Waals surface area contributed by atoms with Crippen LogP contribution in [0.3, 0.4) is 0 Å². The summed E-state index contributed by atoms with van der Waals surface area (Å²) < 4.78 is 12.8. The van der Waals surface area contributed by atoms with E-state index in [1.807, 2.05) is 91.0 Å². The van der Waals surface area contributed by atoms with Gasteiger partial charge < -0.3 is 9.47 Å². The molecule has 0 N–H and O–H groups in total. The summed E-state index contributed by atoms with van der Waals surface area (Å²) in [4.78, 5) is 0. The van der Waals surface area contributed by atoms with Crippen molar-refractivity contribution in [2.45, 2.75) is 5.60 Å². The number of ether oxygens (including phenoxy) is 2. The average molecular weight is 479 g/mol. The van der Waals surface area contributed by atoms with Crippen molar-refractivity contribution in [1.82, 2.24) is 0 Å². The van der Waals surface area contributed by atoms with Crippen LogP contribution in [-0.2, 0) is 5.60 Å². The minimum absolute atomic E-state index is 0.276. The van der Waals surface area contributed by atoms with Gasteiger partial charge in [0.1, 0.15) is 29.4 Å². The van der Waals surface area contributed by atoms with Gasteiger partial charge in [-0.05, 0) is 42.5 Å². The largest absolute Gasteiger partial charge is 0.473 e. The summed E-state index contributed by atoms with van der Waals surface area (Å²) in [6.07, 6.45) is 0. The average Bonchev–Trinajstić information content (AvgIpc) is 2.98. The van der Waals surface area contributed by atoms with Gasteiger partial charge in [0.2, 0.25) is 0 Å². The van der Waals surface area contributed by atoms with Crippen LogP contribution in [0, 0.1) is 22.7 Å². The lowest BCUT2D eigenvalue weighted by Crippen LogP contribution is -2.36. The fraction of sp³-hybridized carbons (Fsp3) is 0.0303. The van der Waals surface area contributed by atoms with Gasteiger partial charge in [-0.2, -0.15) is 10.5 Å². The molecule has 0 spiro atoms. The van der Waals surface area contributed by atoms with E-state index in [2.05, 4.69) is 36.4 Å². The van der Waals surface area contributed by atoms with E-state index in [1.54, 1.807) is 18.2 Å². The first-order chi connectivity index (χ1) is 18.2. The summed E-state index contributed by atoms with van der Waals surface area (Å²) in [6, 6.07) is 46.8. The summed E-state index contributed by atoms with van der Waals surface area (Å²) in [5, 5.41) is 18.4. The van der Waals surface area contributed by atoms with Crippen molar-refractivity contribution >= 4 is 0 Å². The van der Waals surface area contributed by atoms with E-state index in [-0.39, 0.29) is 5.56 Å². The Kier molecular flexibility index (Phi) is 6.66. The van der Waals surface area contributed by atoms with Crippen LogP contribution in [0.15, 0.2) is 133 Å². The Bertz CT molecular complexity index is 1470. The molecule has 37 heavy (non-hydrogen) atoms. The van der Waals surface area contributed by atoms with Crippen LogP contribution in [0.2, 0.25) is 0 Å². The molecule has 0 aliphatic carbocycles. The zero-order chi connectivity index (χ0) is 25.5. The third kappa shape index (κ3) is 4.78. The minimum atomic E-state index is -0.874. The molecule has 4 nitrogen and oxygen atoms in total. The van der Waals surface area contributed by atoms with E-state index >= 15 is 0 Å². The zero-order valence-electron chi connectivity index (χ0n) is 19.9. The van der Waals surface area contributed by atoms with Gasteiger partial charge in [-0.3, -0.25) is 0 Å². The van der Waals surface area contributed by atoms with Gasteiger partial charge in [0.05, 0.1) is 11.1 Å². The lowest BCUT2D eigenvalue weighted by molar-refractivity contribution is 0.155. The van der Waals surface area contributed by atoms with Gasteiger partial charge in [0.25, 0.3) is 0 Å². The molecular weight excluding hydrogens is 456 g/mol. The molecule has 0 aliphatic heterocycles. The third-order valence-electron chi connectivity index (χ3n) is 6.10. The maximum Gasteiger partial charge on any atom is 0.184 e. The molecule has 0 saturated carbocycles. The topological polar surface area (TPSA) is 66.0 Å². The SMILES string of the molecule is N#Cc1ccc(Oc2ccc(OC(c3ccccc3)(c3ccccc3)c3ccccc3)cc2)cc1C#N. The molecule has 5 aromatic carbocycles. The maximum atomic E-state index is 9.29. The van der Waals surface area contributed by atoms with E-state index < -0.39 is 5.60 Å². The molecule has 0 aromatic heterocycles. The van der Waals surface area contributed by atoms with Crippen molar-refractivity contribution in [1.29, 1.82) is 10.5 Å². The molecule has 0 saturated heterocycles. The smallest absolute Gasteiger partial charge is 0.184 e. The number of rotatable bonds is 7. The standard InChI is InChI=1S/C33H22N2O2/c34-23-25-16-17-32(22-26(25)24-35)36-30-18-20-31(21-19-30)37-33(27-10-4-1-5-11-27,28-12-6-2-7-13-28)29-14-8-3-9-15-29/h1-22H. The van der Waals surface area contributed by atoms with Crippen molar-refractivity contribution in [3.63, 3.8) is 0 Å².